The fourth-order valence-corrected chi connectivity index (χ4v) is 2.39. The van der Waals surface area contributed by atoms with Gasteiger partial charge in [0.1, 0.15) is 36.0 Å². The molecule has 1 aliphatic rings. The molecule has 5 N–H and O–H groups in total. The van der Waals surface area contributed by atoms with Gasteiger partial charge in [-0.3, -0.25) is 4.57 Å². The summed E-state index contributed by atoms with van der Waals surface area (Å²) in [7, 11) is 0. The molecule has 108 valence electrons. The number of aryl methyl sites for hydroxylation is 1. The van der Waals surface area contributed by atoms with Crippen LogP contribution in [0.4, 0.5) is 5.82 Å². The molecule has 9 heteroatoms. The third-order valence-electron chi connectivity index (χ3n) is 3.36. The number of imidazole rings is 1. The number of nitrogen functional groups attached to an aromatic ring is 1. The molecule has 0 saturated carbocycles. The van der Waals surface area contributed by atoms with E-state index in [1.54, 1.807) is 6.92 Å². The Morgan fingerprint density at radius 3 is 2.75 bits per heavy atom. The molecule has 4 atom stereocenters. The molecule has 0 bridgehead atoms. The highest BCUT2D eigenvalue weighted by Gasteiger charge is 2.44. The van der Waals surface area contributed by atoms with E-state index < -0.39 is 31.1 Å². The van der Waals surface area contributed by atoms with Crippen LogP contribution >= 0.6 is 0 Å². The fraction of sp³-hybridized carbons (Fsp3) is 0.545. The summed E-state index contributed by atoms with van der Waals surface area (Å²) in [4.78, 5) is 12.3. The second kappa shape index (κ2) is 4.63. The number of hydrogen-bond donors (Lipinski definition) is 4. The number of fused-ring (bicyclic) bond motifs is 1. The molecule has 20 heavy (non-hydrogen) atoms. The number of nitrogens with two attached hydrogens (primary N) is 1. The lowest BCUT2D eigenvalue weighted by atomic mass is 10.1. The monoisotopic (exact) mass is 281 g/mol. The van der Waals surface area contributed by atoms with Gasteiger partial charge in [-0.15, -0.1) is 0 Å². The molecule has 3 heterocycles. The van der Waals surface area contributed by atoms with Crippen molar-refractivity contribution in [2.45, 2.75) is 31.5 Å². The molecule has 3 rings (SSSR count). The molecule has 0 aliphatic carbocycles. The third-order valence-corrected chi connectivity index (χ3v) is 3.36. The van der Waals surface area contributed by atoms with Gasteiger partial charge in [-0.2, -0.15) is 0 Å². The maximum absolute atomic E-state index is 10.0. The van der Waals surface area contributed by atoms with Crippen LogP contribution in [0, 0.1) is 6.92 Å². The van der Waals surface area contributed by atoms with Crippen LogP contribution in [-0.4, -0.2) is 59.8 Å². The van der Waals surface area contributed by atoms with E-state index in [0.717, 1.165) is 0 Å². The van der Waals surface area contributed by atoms with E-state index in [1.807, 2.05) is 0 Å². The zero-order chi connectivity index (χ0) is 14.4. The quantitative estimate of drug-likeness (QED) is 0.512. The molecule has 9 nitrogen and oxygen atoms in total. The number of rotatable bonds is 2. The predicted molar refractivity (Wildman–Crippen MR) is 67.5 cm³/mol. The van der Waals surface area contributed by atoms with Crippen molar-refractivity contribution in [2.24, 2.45) is 0 Å². The second-order valence-electron chi connectivity index (χ2n) is 4.71. The van der Waals surface area contributed by atoms with Crippen LogP contribution in [0.5, 0.6) is 0 Å². The van der Waals surface area contributed by atoms with E-state index in [9.17, 15) is 10.2 Å². The van der Waals surface area contributed by atoms with Gasteiger partial charge in [-0.1, -0.05) is 0 Å². The van der Waals surface area contributed by atoms with Crippen molar-refractivity contribution < 1.29 is 20.1 Å². The Hall–Kier alpha value is -1.81. The standard InChI is InChI=1S/C11H15N5O4/c1-4-14-9(12)6-10(15-4)13-3-16(6)11-8(19)7(18)5(2-17)20-11/h3,5,7-8,11,17-19H,2H2,1H3,(H2,12,14,15)/t5-,7+,8-,11-/m0/s1. The van der Waals surface area contributed by atoms with Gasteiger partial charge in [0, 0.05) is 0 Å². The number of nitrogens with zero attached hydrogens (tertiary/aromatic N) is 4. The number of anilines is 1. The summed E-state index contributed by atoms with van der Waals surface area (Å²) in [5.74, 6) is 0.698. The van der Waals surface area contributed by atoms with Gasteiger partial charge in [-0.25, -0.2) is 15.0 Å². The van der Waals surface area contributed by atoms with Gasteiger partial charge in [0.05, 0.1) is 6.61 Å². The summed E-state index contributed by atoms with van der Waals surface area (Å²) in [6, 6.07) is 0. The molecule has 1 aliphatic heterocycles. The summed E-state index contributed by atoms with van der Waals surface area (Å²) in [6.45, 7) is 1.30. The van der Waals surface area contributed by atoms with Crippen LogP contribution in [0.15, 0.2) is 6.33 Å². The van der Waals surface area contributed by atoms with Gasteiger partial charge in [0.2, 0.25) is 0 Å². The Morgan fingerprint density at radius 2 is 2.10 bits per heavy atom. The molecule has 0 unspecified atom stereocenters. The summed E-state index contributed by atoms with van der Waals surface area (Å²) in [5, 5.41) is 28.9. The molecule has 0 amide bonds. The molecule has 0 spiro atoms. The Kier molecular flexibility index (Phi) is 3.05. The van der Waals surface area contributed by atoms with E-state index in [0.29, 0.717) is 17.0 Å². The molecule has 1 fully saturated rings. The van der Waals surface area contributed by atoms with Crippen molar-refractivity contribution in [3.8, 4) is 0 Å². The first-order chi connectivity index (χ1) is 9.52. The van der Waals surface area contributed by atoms with E-state index >= 15 is 0 Å². The SMILES string of the molecule is Cc1nc(N)c2c(ncn2[C@H]2O[C@@H](CO)[C@@H](O)[C@@H]2O)n1. The maximum Gasteiger partial charge on any atom is 0.183 e. The number of hydrogen-bond acceptors (Lipinski definition) is 8. The number of ether oxygens (including phenoxy) is 1. The van der Waals surface area contributed by atoms with Gasteiger partial charge >= 0.3 is 0 Å². The Labute approximate surface area is 113 Å². The first-order valence-electron chi connectivity index (χ1n) is 6.12. The fourth-order valence-electron chi connectivity index (χ4n) is 2.39. The molecule has 2 aromatic rings. The van der Waals surface area contributed by atoms with Crippen molar-refractivity contribution in [1.29, 1.82) is 0 Å². The molecule has 1 saturated heterocycles. The zero-order valence-electron chi connectivity index (χ0n) is 10.7. The third kappa shape index (κ3) is 1.83. The molecule has 0 radical (unpaired) electrons. The minimum atomic E-state index is -1.20. The van der Waals surface area contributed by atoms with Crippen LogP contribution in [-0.2, 0) is 4.74 Å². The van der Waals surface area contributed by atoms with Crippen LogP contribution < -0.4 is 5.73 Å². The lowest BCUT2D eigenvalue weighted by Gasteiger charge is -2.17. The van der Waals surface area contributed by atoms with Crippen LogP contribution in [0.2, 0.25) is 0 Å². The largest absolute Gasteiger partial charge is 0.394 e. The first kappa shape index (κ1) is 13.2. The molecule has 0 aromatic carbocycles. The van der Waals surface area contributed by atoms with E-state index in [-0.39, 0.29) is 5.82 Å². The Bertz CT molecular complexity index is 645. The van der Waals surface area contributed by atoms with Gasteiger partial charge in [0.15, 0.2) is 17.7 Å². The van der Waals surface area contributed by atoms with Crippen molar-refractivity contribution in [3.05, 3.63) is 12.2 Å². The van der Waals surface area contributed by atoms with Crippen molar-refractivity contribution in [3.63, 3.8) is 0 Å². The maximum atomic E-state index is 10.0. The summed E-state index contributed by atoms with van der Waals surface area (Å²) in [6.07, 6.45) is -2.74. The number of aromatic nitrogens is 4. The Balaban J connectivity index is 2.07. The van der Waals surface area contributed by atoms with Crippen LogP contribution in [0.25, 0.3) is 11.2 Å². The molecule has 2 aromatic heterocycles. The zero-order valence-corrected chi connectivity index (χ0v) is 10.7. The first-order valence-corrected chi connectivity index (χ1v) is 6.12. The topological polar surface area (TPSA) is 140 Å². The highest BCUT2D eigenvalue weighted by Crippen LogP contribution is 2.32. The van der Waals surface area contributed by atoms with E-state index in [1.165, 1.54) is 10.9 Å². The lowest BCUT2D eigenvalue weighted by Crippen LogP contribution is -2.33. The van der Waals surface area contributed by atoms with Gasteiger partial charge in [0.25, 0.3) is 0 Å². The van der Waals surface area contributed by atoms with Crippen molar-refractivity contribution in [2.75, 3.05) is 12.3 Å². The highest BCUT2D eigenvalue weighted by molar-refractivity contribution is 5.81. The van der Waals surface area contributed by atoms with E-state index in [4.69, 9.17) is 15.6 Å². The minimum Gasteiger partial charge on any atom is -0.394 e. The average molecular weight is 281 g/mol. The lowest BCUT2D eigenvalue weighted by molar-refractivity contribution is -0.0508. The normalized spacial score (nSPS) is 30.2. The number of aliphatic hydroxyl groups is 3. The van der Waals surface area contributed by atoms with Crippen molar-refractivity contribution >= 4 is 17.0 Å². The predicted octanol–water partition coefficient (Wildman–Crippen LogP) is -1.67. The number of aliphatic hydroxyl groups excluding tert-OH is 3. The van der Waals surface area contributed by atoms with Gasteiger partial charge < -0.3 is 25.8 Å². The van der Waals surface area contributed by atoms with Gasteiger partial charge in [-0.05, 0) is 6.92 Å². The summed E-state index contributed by atoms with van der Waals surface area (Å²) < 4.78 is 6.90. The second-order valence-corrected chi connectivity index (χ2v) is 4.71. The summed E-state index contributed by atoms with van der Waals surface area (Å²) >= 11 is 0. The van der Waals surface area contributed by atoms with E-state index in [2.05, 4.69) is 15.0 Å². The van der Waals surface area contributed by atoms with Crippen molar-refractivity contribution in [1.82, 2.24) is 19.5 Å². The summed E-state index contributed by atoms with van der Waals surface area (Å²) in [5.41, 5.74) is 6.66. The smallest absolute Gasteiger partial charge is 0.183 e. The van der Waals surface area contributed by atoms with Crippen LogP contribution in [0.1, 0.15) is 12.1 Å². The minimum absolute atomic E-state index is 0.211. The van der Waals surface area contributed by atoms with Crippen LogP contribution in [0.3, 0.4) is 0 Å². The molecular formula is C11H15N5O4. The highest BCUT2D eigenvalue weighted by atomic mass is 16.6. The Morgan fingerprint density at radius 1 is 1.35 bits per heavy atom. The molecular weight excluding hydrogens is 266 g/mol. The average Bonchev–Trinajstić information content (AvgIpc) is 2.93.